The average molecular weight is 680 g/mol. The molecule has 0 atom stereocenters. The maximum absolute atomic E-state index is 6.40. The quantitative estimate of drug-likeness (QED) is 0.174. The van der Waals surface area contributed by atoms with Crippen LogP contribution in [0.15, 0.2) is 192 Å². The van der Waals surface area contributed by atoms with Crippen LogP contribution < -0.4 is 4.90 Å². The lowest BCUT2D eigenvalue weighted by molar-refractivity contribution is 0.660. The molecule has 53 heavy (non-hydrogen) atoms. The molecule has 2 heteroatoms. The first-order chi connectivity index (χ1) is 26.0. The molecular weight excluding hydrogens is 643 g/mol. The molecule has 0 N–H and O–H groups in total. The lowest BCUT2D eigenvalue weighted by Gasteiger charge is -2.26. The number of nitrogens with zero attached hydrogens (tertiary/aromatic N) is 1. The Balaban J connectivity index is 1.05. The second-order valence-electron chi connectivity index (χ2n) is 14.6. The van der Waals surface area contributed by atoms with Gasteiger partial charge in [0.15, 0.2) is 0 Å². The molecule has 0 aliphatic heterocycles. The van der Waals surface area contributed by atoms with Crippen LogP contribution in [0, 0.1) is 0 Å². The van der Waals surface area contributed by atoms with Gasteiger partial charge in [-0.1, -0.05) is 153 Å². The SMILES string of the molecule is CC1(C)c2ccccc2-c2cc(-c3ccc(N(c4ccc(-c5cccc6c5oc5ccccc56)cc4)c4cccc(-c5ccccc5)c4)cc3)ccc21. The van der Waals surface area contributed by atoms with E-state index in [-0.39, 0.29) is 5.41 Å². The normalized spacial score (nSPS) is 12.9. The van der Waals surface area contributed by atoms with E-state index in [1.807, 2.05) is 12.1 Å². The molecule has 0 saturated carbocycles. The number of hydrogen-bond donors (Lipinski definition) is 0. The standard InChI is InChI=1S/C51H37NO/c1-51(2)47-20-8-6-16-43(47)46-33-38(26-31-48(46)51)35-22-27-39(28-23-35)52(41-15-10-14-37(32-41)34-12-4-3-5-13-34)40-29-24-36(25-30-40)42-18-11-19-45-44-17-7-9-21-49(44)53-50(42)45/h3-33H,1-2H3. The van der Waals surface area contributed by atoms with Gasteiger partial charge >= 0.3 is 0 Å². The number of hydrogen-bond acceptors (Lipinski definition) is 2. The van der Waals surface area contributed by atoms with Crippen LogP contribution in [0.1, 0.15) is 25.0 Å². The van der Waals surface area contributed by atoms with Crippen molar-refractivity contribution in [2.75, 3.05) is 4.90 Å². The Morgan fingerprint density at radius 3 is 1.75 bits per heavy atom. The molecule has 0 amide bonds. The van der Waals surface area contributed by atoms with Crippen molar-refractivity contribution in [3.63, 3.8) is 0 Å². The lowest BCUT2D eigenvalue weighted by atomic mass is 9.82. The third kappa shape index (κ3) is 5.18. The summed E-state index contributed by atoms with van der Waals surface area (Å²) in [6, 6.07) is 67.8. The third-order valence-electron chi connectivity index (χ3n) is 11.1. The van der Waals surface area contributed by atoms with Crippen LogP contribution in [-0.2, 0) is 5.41 Å². The van der Waals surface area contributed by atoms with Gasteiger partial charge in [0.25, 0.3) is 0 Å². The van der Waals surface area contributed by atoms with E-state index in [0.717, 1.165) is 50.1 Å². The number of furan rings is 1. The largest absolute Gasteiger partial charge is 0.455 e. The van der Waals surface area contributed by atoms with Gasteiger partial charge in [-0.2, -0.15) is 0 Å². The van der Waals surface area contributed by atoms with Gasteiger partial charge in [0.2, 0.25) is 0 Å². The molecule has 0 radical (unpaired) electrons. The number of anilines is 3. The molecule has 1 heterocycles. The van der Waals surface area contributed by atoms with Gasteiger partial charge in [-0.3, -0.25) is 0 Å². The lowest BCUT2D eigenvalue weighted by Crippen LogP contribution is -2.14. The van der Waals surface area contributed by atoms with E-state index in [0.29, 0.717) is 0 Å². The predicted molar refractivity (Wildman–Crippen MR) is 222 cm³/mol. The van der Waals surface area contributed by atoms with Gasteiger partial charge in [0.05, 0.1) is 0 Å². The highest BCUT2D eigenvalue weighted by atomic mass is 16.3. The van der Waals surface area contributed by atoms with Crippen LogP contribution in [0.25, 0.3) is 66.4 Å². The molecule has 8 aromatic carbocycles. The van der Waals surface area contributed by atoms with Crippen molar-refractivity contribution in [3.05, 3.63) is 199 Å². The van der Waals surface area contributed by atoms with Crippen LogP contribution in [0.4, 0.5) is 17.1 Å². The molecule has 1 aliphatic rings. The van der Waals surface area contributed by atoms with Gasteiger partial charge in [-0.05, 0) is 98.6 Å². The molecule has 0 bridgehead atoms. The van der Waals surface area contributed by atoms with E-state index in [2.05, 4.69) is 195 Å². The molecule has 9 aromatic rings. The van der Waals surface area contributed by atoms with Crippen molar-refractivity contribution >= 4 is 39.0 Å². The molecule has 0 unspecified atom stereocenters. The first-order valence-electron chi connectivity index (χ1n) is 18.3. The molecule has 252 valence electrons. The van der Waals surface area contributed by atoms with E-state index in [1.165, 1.54) is 44.5 Å². The van der Waals surface area contributed by atoms with Gasteiger partial charge in [-0.25, -0.2) is 0 Å². The van der Waals surface area contributed by atoms with Crippen LogP contribution in [0.3, 0.4) is 0 Å². The topological polar surface area (TPSA) is 16.4 Å². The minimum Gasteiger partial charge on any atom is -0.455 e. The summed E-state index contributed by atoms with van der Waals surface area (Å²) in [6.07, 6.45) is 0. The number of benzene rings is 8. The maximum atomic E-state index is 6.40. The van der Waals surface area contributed by atoms with E-state index in [4.69, 9.17) is 4.42 Å². The predicted octanol–water partition coefficient (Wildman–Crippen LogP) is 14.4. The number of para-hydroxylation sites is 2. The maximum Gasteiger partial charge on any atom is 0.143 e. The van der Waals surface area contributed by atoms with E-state index >= 15 is 0 Å². The Morgan fingerprint density at radius 1 is 0.377 bits per heavy atom. The summed E-state index contributed by atoms with van der Waals surface area (Å²) in [5.41, 5.74) is 17.6. The van der Waals surface area contributed by atoms with Gasteiger partial charge in [0, 0.05) is 38.8 Å². The van der Waals surface area contributed by atoms with Crippen molar-refractivity contribution in [1.82, 2.24) is 0 Å². The molecule has 10 rings (SSSR count). The summed E-state index contributed by atoms with van der Waals surface area (Å²) >= 11 is 0. The highest BCUT2D eigenvalue weighted by Crippen LogP contribution is 2.49. The second-order valence-corrected chi connectivity index (χ2v) is 14.6. The Kier molecular flexibility index (Phi) is 7.19. The zero-order chi connectivity index (χ0) is 35.5. The molecule has 1 aromatic heterocycles. The van der Waals surface area contributed by atoms with Crippen molar-refractivity contribution < 1.29 is 4.42 Å². The van der Waals surface area contributed by atoms with Gasteiger partial charge < -0.3 is 9.32 Å². The first kappa shape index (κ1) is 31.1. The molecular formula is C51H37NO. The smallest absolute Gasteiger partial charge is 0.143 e. The van der Waals surface area contributed by atoms with Gasteiger partial charge in [0.1, 0.15) is 11.2 Å². The van der Waals surface area contributed by atoms with Crippen molar-refractivity contribution in [1.29, 1.82) is 0 Å². The minimum atomic E-state index is -0.00275. The molecule has 0 saturated heterocycles. The number of fused-ring (bicyclic) bond motifs is 6. The Labute approximate surface area is 310 Å². The van der Waals surface area contributed by atoms with Crippen molar-refractivity contribution in [3.8, 4) is 44.5 Å². The number of rotatable bonds is 6. The molecule has 2 nitrogen and oxygen atoms in total. The zero-order valence-corrected chi connectivity index (χ0v) is 29.8. The first-order valence-corrected chi connectivity index (χ1v) is 18.3. The van der Waals surface area contributed by atoms with Crippen LogP contribution in [-0.4, -0.2) is 0 Å². The Morgan fingerprint density at radius 2 is 0.943 bits per heavy atom. The monoisotopic (exact) mass is 679 g/mol. The summed E-state index contributed by atoms with van der Waals surface area (Å²) < 4.78 is 6.40. The zero-order valence-electron chi connectivity index (χ0n) is 29.8. The van der Waals surface area contributed by atoms with E-state index in [9.17, 15) is 0 Å². The van der Waals surface area contributed by atoms with Crippen LogP contribution in [0.2, 0.25) is 0 Å². The van der Waals surface area contributed by atoms with E-state index in [1.54, 1.807) is 0 Å². The van der Waals surface area contributed by atoms with Crippen molar-refractivity contribution in [2.24, 2.45) is 0 Å². The van der Waals surface area contributed by atoms with Crippen molar-refractivity contribution in [2.45, 2.75) is 19.3 Å². The summed E-state index contributed by atoms with van der Waals surface area (Å²) in [5, 5.41) is 2.28. The fourth-order valence-corrected chi connectivity index (χ4v) is 8.37. The fourth-order valence-electron chi connectivity index (χ4n) is 8.37. The molecule has 1 aliphatic carbocycles. The van der Waals surface area contributed by atoms with Gasteiger partial charge in [-0.15, -0.1) is 0 Å². The highest BCUT2D eigenvalue weighted by molar-refractivity contribution is 6.09. The van der Waals surface area contributed by atoms with E-state index < -0.39 is 0 Å². The summed E-state index contributed by atoms with van der Waals surface area (Å²) in [5.74, 6) is 0. The molecule has 0 spiro atoms. The molecule has 0 fully saturated rings. The second kappa shape index (κ2) is 12.3. The summed E-state index contributed by atoms with van der Waals surface area (Å²) in [4.78, 5) is 2.35. The third-order valence-corrected chi connectivity index (χ3v) is 11.1. The van der Waals surface area contributed by atoms with Crippen LogP contribution in [0.5, 0.6) is 0 Å². The Bertz CT molecular complexity index is 2790. The summed E-state index contributed by atoms with van der Waals surface area (Å²) in [6.45, 7) is 4.67. The average Bonchev–Trinajstić information content (AvgIpc) is 3.71. The summed E-state index contributed by atoms with van der Waals surface area (Å²) in [7, 11) is 0. The Hall–Kier alpha value is -6.64. The highest BCUT2D eigenvalue weighted by Gasteiger charge is 2.35. The van der Waals surface area contributed by atoms with Crippen LogP contribution >= 0.6 is 0 Å². The fraction of sp³-hybridized carbons (Fsp3) is 0.0588. The minimum absolute atomic E-state index is 0.00275.